The normalized spacial score (nSPS) is 20.6. The molecule has 3 aromatic heterocycles. The molecule has 8 heterocycles. The van der Waals surface area contributed by atoms with Crippen LogP contribution in [0, 0.1) is 22.5 Å². The first-order valence-electron chi connectivity index (χ1n) is 24.8. The van der Waals surface area contributed by atoms with Crippen molar-refractivity contribution < 1.29 is 32.5 Å². The largest absolute Gasteiger partial charge is 0.455 e. The topological polar surface area (TPSA) is 139 Å². The summed E-state index contributed by atoms with van der Waals surface area (Å²) in [4.78, 5) is 77.7. The molecule has 2 aromatic carbocycles. The van der Waals surface area contributed by atoms with Crippen LogP contribution in [0.3, 0.4) is 0 Å². The van der Waals surface area contributed by atoms with E-state index < -0.39 is 29.0 Å². The molecule has 70 heavy (non-hydrogen) atoms. The van der Waals surface area contributed by atoms with Crippen LogP contribution in [0.4, 0.5) is 20.2 Å². The zero-order valence-electron chi connectivity index (χ0n) is 40.5. The lowest BCUT2D eigenvalue weighted by atomic mass is 9.85. The quantitative estimate of drug-likeness (QED) is 0.159. The first-order chi connectivity index (χ1) is 33.7. The highest BCUT2D eigenvalue weighted by Crippen LogP contribution is 2.44. The summed E-state index contributed by atoms with van der Waals surface area (Å²) in [6.45, 7) is 11.0. The fourth-order valence-corrected chi connectivity index (χ4v) is 11.5. The molecule has 15 nitrogen and oxygen atoms in total. The van der Waals surface area contributed by atoms with E-state index in [0.29, 0.717) is 75.6 Å². The van der Waals surface area contributed by atoms with Crippen molar-refractivity contribution in [3.63, 3.8) is 0 Å². The number of carbonyl (C=O) groups excluding carboxylic acids is 3. The van der Waals surface area contributed by atoms with Gasteiger partial charge < -0.3 is 14.8 Å². The number of nitroso groups, excluding NO2 is 1. The van der Waals surface area contributed by atoms with Crippen molar-refractivity contribution in [3.05, 3.63) is 122 Å². The molecular weight excluding hydrogens is 895 g/mol. The first kappa shape index (κ1) is 47.2. The maximum absolute atomic E-state index is 15.8. The predicted octanol–water partition coefficient (Wildman–Crippen LogP) is 5.97. The number of carbonyl (C=O) groups is 3. The highest BCUT2D eigenvalue weighted by Gasteiger charge is 2.52. The average molecular weight is 957 g/mol. The summed E-state index contributed by atoms with van der Waals surface area (Å²) in [6.07, 6.45) is 9.51. The van der Waals surface area contributed by atoms with Crippen molar-refractivity contribution in [3.8, 4) is 5.69 Å². The van der Waals surface area contributed by atoms with Gasteiger partial charge in [-0.1, -0.05) is 12.1 Å². The van der Waals surface area contributed by atoms with Gasteiger partial charge in [0.05, 0.1) is 29.0 Å². The van der Waals surface area contributed by atoms with Crippen LogP contribution in [-0.4, -0.2) is 134 Å². The Morgan fingerprint density at radius 2 is 1.61 bits per heavy atom. The Balaban J connectivity index is 0.700. The summed E-state index contributed by atoms with van der Waals surface area (Å²) in [5, 5.41) is 3.86. The molecule has 366 valence electrons. The van der Waals surface area contributed by atoms with Crippen LogP contribution in [0.1, 0.15) is 91.0 Å². The predicted molar refractivity (Wildman–Crippen MR) is 263 cm³/mol. The molecule has 0 aliphatic carbocycles. The number of hydrogen-bond acceptors (Lipinski definition) is 9. The number of piperidine rings is 3. The molecule has 1 unspecified atom stereocenters. The SMILES string of the molecule is CNc1ccn(-c2ccnc3c2cc(CN2CCC(c4c(F)cc(C(=O)N5CCC(C[N+]6=CCN(Cc7ccc8c(c7)C(C)(C)C(=O)N8C7CCC[N+](=O)C7=O)CC6)CC5)cc4F)CC2)n3C)c(=O)c1. The summed E-state index contributed by atoms with van der Waals surface area (Å²) in [7, 11) is 3.73. The summed E-state index contributed by atoms with van der Waals surface area (Å²) >= 11 is 0. The standard InChI is InChI=1S/C53H61F2N10O5/c1-53(2)41-26-35(7-8-45(41)65(52(53)69)46-6-5-16-64(70)51(46)68)32-61-24-22-60(23-25-61)31-34-10-19-62(20-11-34)50(67)37-27-42(54)48(43(55)28-37)36-12-17-59(18-13-36)33-39-30-40-44(9-15-57-49(40)58(39)4)63-21-14-38(56-3)29-47(63)66/h7-9,14-15,21-22,26-30,34,36,46H,5-6,10-13,16-20,23-25,31-33H2,1-4H3/q+1/p+1. The summed E-state index contributed by atoms with van der Waals surface area (Å²) < 4.78 is 38.2. The van der Waals surface area contributed by atoms with E-state index in [2.05, 4.69) is 43.0 Å². The zero-order chi connectivity index (χ0) is 49.0. The summed E-state index contributed by atoms with van der Waals surface area (Å²) in [5.41, 5.74) is 5.12. The zero-order valence-corrected chi connectivity index (χ0v) is 40.5. The molecular formula is C53H62F2N10O5+2. The molecule has 3 saturated heterocycles. The molecule has 10 rings (SSSR count). The van der Waals surface area contributed by atoms with Gasteiger partial charge in [0.2, 0.25) is 12.5 Å². The van der Waals surface area contributed by atoms with Gasteiger partial charge in [-0.05, 0) is 112 Å². The first-order valence-corrected chi connectivity index (χ1v) is 24.8. The van der Waals surface area contributed by atoms with Crippen molar-refractivity contribution in [2.24, 2.45) is 13.0 Å². The Hall–Kier alpha value is -6.46. The number of pyridine rings is 2. The molecule has 5 aliphatic rings. The van der Waals surface area contributed by atoms with Crippen LogP contribution in [0.25, 0.3) is 16.7 Å². The molecule has 5 aromatic rings. The molecule has 5 aliphatic heterocycles. The Labute approximate surface area is 405 Å². The fourth-order valence-electron chi connectivity index (χ4n) is 11.5. The number of aromatic nitrogens is 3. The molecule has 0 spiro atoms. The van der Waals surface area contributed by atoms with Gasteiger partial charge in [-0.15, -0.1) is 0 Å². The average Bonchev–Trinajstić information content (AvgIpc) is 3.77. The minimum absolute atomic E-state index is 0.0499. The van der Waals surface area contributed by atoms with Crippen LogP contribution in [0.5, 0.6) is 0 Å². The van der Waals surface area contributed by atoms with Crippen molar-refractivity contribution in [2.45, 2.75) is 82.8 Å². The van der Waals surface area contributed by atoms with E-state index in [1.54, 1.807) is 39.9 Å². The van der Waals surface area contributed by atoms with Crippen molar-refractivity contribution >= 4 is 46.3 Å². The number of fused-ring (bicyclic) bond motifs is 2. The van der Waals surface area contributed by atoms with Crippen LogP contribution in [0.2, 0.25) is 0 Å². The van der Waals surface area contributed by atoms with Crippen molar-refractivity contribution in [2.75, 3.05) is 76.2 Å². The van der Waals surface area contributed by atoms with E-state index in [9.17, 15) is 24.1 Å². The van der Waals surface area contributed by atoms with Gasteiger partial charge in [0.15, 0.2) is 18.8 Å². The third-order valence-electron chi connectivity index (χ3n) is 15.7. The van der Waals surface area contributed by atoms with Gasteiger partial charge in [0, 0.05) is 110 Å². The third-order valence-corrected chi connectivity index (χ3v) is 15.7. The molecule has 17 heteroatoms. The molecule has 0 radical (unpaired) electrons. The number of benzene rings is 2. The van der Waals surface area contributed by atoms with Crippen LogP contribution >= 0.6 is 0 Å². The van der Waals surface area contributed by atoms with E-state index in [1.807, 2.05) is 49.7 Å². The van der Waals surface area contributed by atoms with Gasteiger partial charge in [0.1, 0.15) is 23.8 Å². The second-order valence-electron chi connectivity index (χ2n) is 20.4. The van der Waals surface area contributed by atoms with E-state index in [1.165, 1.54) is 12.1 Å². The number of amides is 3. The van der Waals surface area contributed by atoms with Gasteiger partial charge in [0.25, 0.3) is 11.5 Å². The van der Waals surface area contributed by atoms with Gasteiger partial charge >= 0.3 is 5.91 Å². The Kier molecular flexibility index (Phi) is 12.8. The van der Waals surface area contributed by atoms with E-state index in [0.717, 1.165) is 83.9 Å². The van der Waals surface area contributed by atoms with E-state index in [4.69, 9.17) is 0 Å². The van der Waals surface area contributed by atoms with E-state index in [-0.39, 0.29) is 41.0 Å². The molecule has 3 amide bonds. The molecule has 1 atom stereocenters. The van der Waals surface area contributed by atoms with Crippen molar-refractivity contribution in [1.29, 1.82) is 0 Å². The van der Waals surface area contributed by atoms with Crippen LogP contribution in [0.15, 0.2) is 71.8 Å². The highest BCUT2D eigenvalue weighted by atomic mass is 19.1. The number of halogens is 2. The number of aryl methyl sites for hydroxylation is 1. The smallest absolute Gasteiger partial charge is 0.388 e. The minimum Gasteiger partial charge on any atom is -0.388 e. The second-order valence-corrected chi connectivity index (χ2v) is 20.4. The van der Waals surface area contributed by atoms with E-state index >= 15 is 8.78 Å². The molecule has 0 saturated carbocycles. The number of hydrogen-bond donors (Lipinski definition) is 1. The van der Waals surface area contributed by atoms with Gasteiger partial charge in [-0.3, -0.25) is 33.7 Å². The number of nitrogens with one attached hydrogen (secondary N) is 1. The van der Waals surface area contributed by atoms with Gasteiger partial charge in [-0.25, -0.2) is 23.1 Å². The number of nitrogens with zero attached hydrogens (tertiary/aromatic N) is 9. The lowest BCUT2D eigenvalue weighted by Crippen LogP contribution is -2.51. The van der Waals surface area contributed by atoms with Crippen LogP contribution in [-0.2, 0) is 35.1 Å². The lowest BCUT2D eigenvalue weighted by molar-refractivity contribution is -0.537. The monoisotopic (exact) mass is 956 g/mol. The Morgan fingerprint density at radius 1 is 0.857 bits per heavy atom. The maximum Gasteiger partial charge on any atom is 0.455 e. The van der Waals surface area contributed by atoms with Gasteiger partial charge in [-0.2, -0.15) is 0 Å². The molecule has 1 N–H and O–H groups in total. The Morgan fingerprint density at radius 3 is 2.31 bits per heavy atom. The number of rotatable bonds is 11. The highest BCUT2D eigenvalue weighted by molar-refractivity contribution is 6.10. The summed E-state index contributed by atoms with van der Waals surface area (Å²) in [6, 6.07) is 15.0. The second kappa shape index (κ2) is 19.0. The lowest BCUT2D eigenvalue weighted by Gasteiger charge is -2.33. The minimum atomic E-state index is -0.807. The fraction of sp³-hybridized carbons (Fsp3) is 0.472. The Bertz CT molecular complexity index is 2980. The van der Waals surface area contributed by atoms with Crippen LogP contribution < -0.4 is 15.8 Å². The third kappa shape index (κ3) is 8.86. The van der Waals surface area contributed by atoms with Crippen molar-refractivity contribution in [1.82, 2.24) is 28.8 Å². The number of anilines is 2. The summed E-state index contributed by atoms with van der Waals surface area (Å²) in [5.74, 6) is -2.27. The number of likely N-dealkylation sites (tertiary alicyclic amines) is 2. The molecule has 3 fully saturated rings. The molecule has 0 bridgehead atoms. The maximum atomic E-state index is 15.8.